The number of amides is 1. The second-order valence-corrected chi connectivity index (χ2v) is 6.35. The molecule has 7 nitrogen and oxygen atoms in total. The smallest absolute Gasteiger partial charge is 0.306 e. The number of Topliss-reactive ketones (excluding diaryl/α,β-unsaturated/α-hetero) is 1. The number of esters is 1. The summed E-state index contributed by atoms with van der Waals surface area (Å²) < 4.78 is 15.8. The molecule has 0 aliphatic heterocycles. The first-order chi connectivity index (χ1) is 13.9. The van der Waals surface area contributed by atoms with Gasteiger partial charge in [0.2, 0.25) is 0 Å². The molecule has 0 unspecified atom stereocenters. The minimum atomic E-state index is -0.981. The fourth-order valence-electron chi connectivity index (χ4n) is 2.52. The number of rotatable bonds is 10. The van der Waals surface area contributed by atoms with Gasteiger partial charge in [0.1, 0.15) is 11.5 Å². The molecule has 2 aromatic rings. The number of para-hydroxylation sites is 1. The summed E-state index contributed by atoms with van der Waals surface area (Å²) in [5.41, 5.74) is 0.788. The Bertz CT molecular complexity index is 847. The summed E-state index contributed by atoms with van der Waals surface area (Å²) in [6, 6.07) is 13.8. The van der Waals surface area contributed by atoms with Crippen LogP contribution in [0, 0.1) is 0 Å². The van der Waals surface area contributed by atoms with Crippen molar-refractivity contribution < 1.29 is 28.6 Å². The van der Waals surface area contributed by atoms with Gasteiger partial charge in [-0.15, -0.1) is 0 Å². The molecule has 2 aromatic carbocycles. The van der Waals surface area contributed by atoms with E-state index in [1.165, 1.54) is 13.8 Å². The summed E-state index contributed by atoms with van der Waals surface area (Å²) >= 11 is 0. The number of hydrogen-bond donors (Lipinski definition) is 1. The predicted octanol–water partition coefficient (Wildman–Crippen LogP) is 3.63. The van der Waals surface area contributed by atoms with Crippen molar-refractivity contribution in [2.75, 3.05) is 19.0 Å². The molecular formula is C22H25NO6. The number of benzene rings is 2. The zero-order valence-corrected chi connectivity index (χ0v) is 16.8. The van der Waals surface area contributed by atoms with E-state index in [4.69, 9.17) is 14.2 Å². The summed E-state index contributed by atoms with van der Waals surface area (Å²) in [5, 5.41) is 2.62. The summed E-state index contributed by atoms with van der Waals surface area (Å²) in [6.45, 7) is 3.24. The minimum Gasteiger partial charge on any atom is -0.497 e. The molecule has 1 amide bonds. The number of anilines is 1. The SMILES string of the molecule is COc1ccc(OCCCC(=O)O[C@H](C)C(=O)Nc2ccccc2C(C)=O)cc1. The van der Waals surface area contributed by atoms with Gasteiger partial charge < -0.3 is 19.5 Å². The van der Waals surface area contributed by atoms with Gasteiger partial charge in [-0.25, -0.2) is 0 Å². The Morgan fingerprint density at radius 1 is 1.00 bits per heavy atom. The highest BCUT2D eigenvalue weighted by molar-refractivity contribution is 6.04. The molecular weight excluding hydrogens is 374 g/mol. The predicted molar refractivity (Wildman–Crippen MR) is 108 cm³/mol. The van der Waals surface area contributed by atoms with E-state index in [-0.39, 0.29) is 12.2 Å². The van der Waals surface area contributed by atoms with Crippen molar-refractivity contribution in [3.05, 3.63) is 54.1 Å². The molecule has 0 aliphatic carbocycles. The van der Waals surface area contributed by atoms with Gasteiger partial charge in [-0.3, -0.25) is 14.4 Å². The first kappa shape index (κ1) is 21.9. The zero-order chi connectivity index (χ0) is 21.2. The third kappa shape index (κ3) is 6.95. The number of ketones is 1. The van der Waals surface area contributed by atoms with Crippen LogP contribution in [0.5, 0.6) is 11.5 Å². The van der Waals surface area contributed by atoms with Crippen molar-refractivity contribution in [1.82, 2.24) is 0 Å². The maximum Gasteiger partial charge on any atom is 0.306 e. The molecule has 0 aliphatic rings. The summed E-state index contributed by atoms with van der Waals surface area (Å²) in [7, 11) is 1.59. The Morgan fingerprint density at radius 2 is 1.66 bits per heavy atom. The summed E-state index contributed by atoms with van der Waals surface area (Å²) in [6.07, 6.45) is -0.408. The van der Waals surface area contributed by atoms with Gasteiger partial charge in [-0.1, -0.05) is 12.1 Å². The number of hydrogen-bond acceptors (Lipinski definition) is 6. The highest BCUT2D eigenvalue weighted by atomic mass is 16.5. The lowest BCUT2D eigenvalue weighted by Crippen LogP contribution is -2.30. The molecule has 0 saturated carbocycles. The van der Waals surface area contributed by atoms with Crippen molar-refractivity contribution in [3.8, 4) is 11.5 Å². The average Bonchev–Trinajstić information content (AvgIpc) is 2.71. The van der Waals surface area contributed by atoms with E-state index in [9.17, 15) is 14.4 Å². The van der Waals surface area contributed by atoms with Crippen LogP contribution in [-0.4, -0.2) is 37.5 Å². The highest BCUT2D eigenvalue weighted by Crippen LogP contribution is 2.18. The number of carbonyl (C=O) groups is 3. The molecule has 0 aromatic heterocycles. The lowest BCUT2D eigenvalue weighted by Gasteiger charge is -2.15. The van der Waals surface area contributed by atoms with Crippen LogP contribution in [0.25, 0.3) is 0 Å². The van der Waals surface area contributed by atoms with Crippen molar-refractivity contribution in [2.24, 2.45) is 0 Å². The highest BCUT2D eigenvalue weighted by Gasteiger charge is 2.19. The van der Waals surface area contributed by atoms with Gasteiger partial charge in [-0.05, 0) is 56.7 Å². The van der Waals surface area contributed by atoms with Crippen molar-refractivity contribution in [3.63, 3.8) is 0 Å². The molecule has 0 radical (unpaired) electrons. The maximum atomic E-state index is 12.3. The van der Waals surface area contributed by atoms with Crippen LogP contribution in [0.2, 0.25) is 0 Å². The standard InChI is InChI=1S/C22H25NO6/c1-15(24)19-7-4-5-8-20(19)23-22(26)16(2)29-21(25)9-6-14-28-18-12-10-17(27-3)11-13-18/h4-5,7-8,10-13,16H,6,9,14H2,1-3H3,(H,23,26)/t16-/m1/s1. The van der Waals surface area contributed by atoms with Gasteiger partial charge in [0.15, 0.2) is 11.9 Å². The van der Waals surface area contributed by atoms with Crippen LogP contribution in [-0.2, 0) is 14.3 Å². The van der Waals surface area contributed by atoms with E-state index in [1.807, 2.05) is 0 Å². The molecule has 7 heteroatoms. The van der Waals surface area contributed by atoms with Crippen molar-refractivity contribution in [1.29, 1.82) is 0 Å². The normalized spacial score (nSPS) is 11.3. The molecule has 0 saturated heterocycles. The average molecular weight is 399 g/mol. The van der Waals surface area contributed by atoms with Crippen molar-refractivity contribution >= 4 is 23.3 Å². The first-order valence-corrected chi connectivity index (χ1v) is 9.28. The van der Waals surface area contributed by atoms with Crippen LogP contribution >= 0.6 is 0 Å². The van der Waals surface area contributed by atoms with Gasteiger partial charge in [0.05, 0.1) is 19.4 Å². The Kier molecular flexibility index (Phi) is 8.21. The summed E-state index contributed by atoms with van der Waals surface area (Å²) in [4.78, 5) is 35.8. The maximum absolute atomic E-state index is 12.3. The molecule has 0 heterocycles. The van der Waals surface area contributed by atoms with Gasteiger partial charge >= 0.3 is 5.97 Å². The van der Waals surface area contributed by atoms with Crippen molar-refractivity contribution in [2.45, 2.75) is 32.8 Å². The molecule has 0 spiro atoms. The Hall–Kier alpha value is -3.35. The van der Waals surface area contributed by atoms with E-state index < -0.39 is 18.0 Å². The first-order valence-electron chi connectivity index (χ1n) is 9.28. The number of ether oxygens (including phenoxy) is 3. The van der Waals surface area contributed by atoms with Crippen LogP contribution in [0.15, 0.2) is 48.5 Å². The molecule has 154 valence electrons. The fourth-order valence-corrected chi connectivity index (χ4v) is 2.52. The van der Waals surface area contributed by atoms with Crippen LogP contribution in [0.4, 0.5) is 5.69 Å². The minimum absolute atomic E-state index is 0.123. The Morgan fingerprint density at radius 3 is 2.31 bits per heavy atom. The quantitative estimate of drug-likeness (QED) is 0.373. The van der Waals surface area contributed by atoms with E-state index in [2.05, 4.69) is 5.32 Å². The molecule has 0 bridgehead atoms. The number of carbonyl (C=O) groups excluding carboxylic acids is 3. The molecule has 29 heavy (non-hydrogen) atoms. The third-order valence-corrected chi connectivity index (χ3v) is 4.10. The van der Waals surface area contributed by atoms with Gasteiger partial charge in [-0.2, -0.15) is 0 Å². The second kappa shape index (κ2) is 10.8. The Labute approximate surface area is 170 Å². The molecule has 1 atom stereocenters. The van der Waals surface area contributed by atoms with E-state index >= 15 is 0 Å². The lowest BCUT2D eigenvalue weighted by molar-refractivity contribution is -0.153. The Balaban J connectivity index is 1.73. The largest absolute Gasteiger partial charge is 0.497 e. The van der Waals surface area contributed by atoms with Gasteiger partial charge in [0, 0.05) is 12.0 Å². The molecule has 2 rings (SSSR count). The summed E-state index contributed by atoms with van der Waals surface area (Å²) in [5.74, 6) is 0.255. The number of methoxy groups -OCH3 is 1. The van der Waals surface area contributed by atoms with Crippen LogP contribution in [0.1, 0.15) is 37.0 Å². The molecule has 1 N–H and O–H groups in total. The number of nitrogens with one attached hydrogen (secondary N) is 1. The third-order valence-electron chi connectivity index (χ3n) is 4.10. The molecule has 0 fully saturated rings. The lowest BCUT2D eigenvalue weighted by atomic mass is 10.1. The van der Waals surface area contributed by atoms with Crippen LogP contribution in [0.3, 0.4) is 0 Å². The van der Waals surface area contributed by atoms with Crippen LogP contribution < -0.4 is 14.8 Å². The fraction of sp³-hybridized carbons (Fsp3) is 0.318. The monoisotopic (exact) mass is 399 g/mol. The van der Waals surface area contributed by atoms with E-state index in [0.29, 0.717) is 30.0 Å². The topological polar surface area (TPSA) is 90.9 Å². The zero-order valence-electron chi connectivity index (χ0n) is 16.8. The van der Waals surface area contributed by atoms with E-state index in [0.717, 1.165) is 5.75 Å². The van der Waals surface area contributed by atoms with E-state index in [1.54, 1.807) is 55.6 Å². The second-order valence-electron chi connectivity index (χ2n) is 6.35. The van der Waals surface area contributed by atoms with Gasteiger partial charge in [0.25, 0.3) is 5.91 Å².